The summed E-state index contributed by atoms with van der Waals surface area (Å²) in [6.45, 7) is 6.57. The maximum Gasteiger partial charge on any atom is 0.0664 e. The van der Waals surface area contributed by atoms with Gasteiger partial charge >= 0.3 is 0 Å². The van der Waals surface area contributed by atoms with E-state index in [1.807, 2.05) is 0 Å². The highest BCUT2D eigenvalue weighted by Crippen LogP contribution is 2.41. The van der Waals surface area contributed by atoms with Crippen LogP contribution in [0.25, 0.3) is 65.3 Å². The Morgan fingerprint density at radius 3 is 2.00 bits per heavy atom. The largest absolute Gasteiger partial charge is 0.253 e. The van der Waals surface area contributed by atoms with E-state index in [9.17, 15) is 0 Å². The van der Waals surface area contributed by atoms with Crippen LogP contribution in [0.15, 0.2) is 138 Å². The lowest BCUT2D eigenvalue weighted by atomic mass is 9.86. The van der Waals surface area contributed by atoms with Crippen LogP contribution in [0.1, 0.15) is 30.5 Å². The zero-order chi connectivity index (χ0) is 29.8. The third kappa shape index (κ3) is 4.28. The molecule has 0 radical (unpaired) electrons. The van der Waals surface area contributed by atoms with Gasteiger partial charge in [0.2, 0.25) is 0 Å². The van der Waals surface area contributed by atoms with Gasteiger partial charge in [0.1, 0.15) is 0 Å². The molecule has 1 heteroatoms. The summed E-state index contributed by atoms with van der Waals surface area (Å²) in [7, 11) is 0. The van der Waals surface area contributed by atoms with Crippen LogP contribution in [0.3, 0.4) is 0 Å². The number of para-hydroxylation sites is 1. The van der Waals surface area contributed by atoms with Crippen molar-refractivity contribution < 1.29 is 0 Å². The van der Waals surface area contributed by atoms with E-state index in [-0.39, 0.29) is 0 Å². The van der Waals surface area contributed by atoms with Crippen LogP contribution in [-0.4, -0.2) is 5.71 Å². The molecule has 8 rings (SSSR count). The number of benzene rings is 8. The highest BCUT2D eigenvalue weighted by molar-refractivity contribution is 6.25. The van der Waals surface area contributed by atoms with Crippen LogP contribution >= 0.6 is 0 Å². The Hall–Kier alpha value is -5.27. The summed E-state index contributed by atoms with van der Waals surface area (Å²) < 4.78 is 0. The Bertz CT molecular complexity index is 2370. The van der Waals surface area contributed by atoms with Gasteiger partial charge in [-0.25, -0.2) is 0 Å². The Balaban J connectivity index is 1.38. The number of nitrogens with zero attached hydrogens (tertiary/aromatic N) is 1. The summed E-state index contributed by atoms with van der Waals surface area (Å²) in [5, 5.41) is 10.4. The minimum absolute atomic E-state index is 0.956. The molecule has 0 saturated carbocycles. The third-order valence-corrected chi connectivity index (χ3v) is 9.29. The van der Waals surface area contributed by atoms with Gasteiger partial charge in [-0.2, -0.15) is 0 Å². The van der Waals surface area contributed by atoms with Gasteiger partial charge in [0.15, 0.2) is 0 Å². The fourth-order valence-electron chi connectivity index (χ4n) is 7.04. The van der Waals surface area contributed by atoms with Crippen molar-refractivity contribution >= 4 is 54.5 Å². The van der Waals surface area contributed by atoms with E-state index in [1.165, 1.54) is 76.5 Å². The molecule has 0 spiro atoms. The fraction of sp³-hybridized carbons (Fsp3) is 0.0930. The summed E-state index contributed by atoms with van der Waals surface area (Å²) in [4.78, 5) is 5.20. The van der Waals surface area contributed by atoms with Gasteiger partial charge in [-0.3, -0.25) is 4.99 Å². The Morgan fingerprint density at radius 2 is 1.20 bits per heavy atom. The lowest BCUT2D eigenvalue weighted by molar-refractivity contribution is 1.13. The molecular formula is C43H33N. The molecule has 0 heterocycles. The quantitative estimate of drug-likeness (QED) is 0.146. The van der Waals surface area contributed by atoms with Gasteiger partial charge in [0.05, 0.1) is 5.69 Å². The molecule has 8 aromatic rings. The first-order chi connectivity index (χ1) is 21.6. The second-order valence-corrected chi connectivity index (χ2v) is 11.9. The fourth-order valence-corrected chi connectivity index (χ4v) is 7.04. The Kier molecular flexibility index (Phi) is 6.27. The standard InChI is InChI=1S/C43H33N/c1-4-29-10-7-8-15-41(29)44-28(3)36-21-20-35(26-40(36)39-25-34-12-6-5-11-33(34)24-27(39)2)37-22-18-32-17-16-30-13-9-14-31-19-23-38(37)43(32)42(30)31/h5-26H,4H2,1-3H3. The summed E-state index contributed by atoms with van der Waals surface area (Å²) >= 11 is 0. The van der Waals surface area contributed by atoms with Gasteiger partial charge in [-0.1, -0.05) is 122 Å². The van der Waals surface area contributed by atoms with Crippen molar-refractivity contribution in [1.29, 1.82) is 0 Å². The summed E-state index contributed by atoms with van der Waals surface area (Å²) in [5.41, 5.74) is 10.7. The average molecular weight is 564 g/mol. The number of rotatable bonds is 5. The molecule has 8 aromatic carbocycles. The molecule has 0 aliphatic rings. The van der Waals surface area contributed by atoms with Gasteiger partial charge in [0.25, 0.3) is 0 Å². The average Bonchev–Trinajstić information content (AvgIpc) is 3.07. The lowest BCUT2D eigenvalue weighted by Gasteiger charge is -2.18. The van der Waals surface area contributed by atoms with E-state index in [0.29, 0.717) is 0 Å². The van der Waals surface area contributed by atoms with E-state index < -0.39 is 0 Å². The van der Waals surface area contributed by atoms with E-state index in [1.54, 1.807) is 0 Å². The Labute approximate surface area is 258 Å². The van der Waals surface area contributed by atoms with Gasteiger partial charge in [-0.05, 0) is 115 Å². The maximum atomic E-state index is 5.20. The second-order valence-electron chi connectivity index (χ2n) is 11.9. The number of hydrogen-bond donors (Lipinski definition) is 0. The SMILES string of the molecule is CCc1ccccc1N=C(C)c1ccc(-c2ccc3ccc4cccc5ccc2c3c45)cc1-c1cc2ccccc2cc1C. The van der Waals surface area contributed by atoms with Crippen LogP contribution < -0.4 is 0 Å². The predicted octanol–water partition coefficient (Wildman–Crippen LogP) is 12.1. The molecule has 0 aliphatic heterocycles. The molecule has 0 N–H and O–H groups in total. The highest BCUT2D eigenvalue weighted by Gasteiger charge is 2.17. The molecule has 0 fully saturated rings. The maximum absolute atomic E-state index is 5.20. The number of fused-ring (bicyclic) bond motifs is 1. The Morgan fingerprint density at radius 1 is 0.545 bits per heavy atom. The van der Waals surface area contributed by atoms with Gasteiger partial charge in [-0.15, -0.1) is 0 Å². The highest BCUT2D eigenvalue weighted by atomic mass is 14.7. The number of hydrogen-bond acceptors (Lipinski definition) is 1. The number of aliphatic imine (C=N–C) groups is 1. The zero-order valence-electron chi connectivity index (χ0n) is 25.4. The van der Waals surface area contributed by atoms with Gasteiger partial charge < -0.3 is 0 Å². The molecule has 0 unspecified atom stereocenters. The summed E-state index contributed by atoms with van der Waals surface area (Å²) in [5.74, 6) is 0. The van der Waals surface area contributed by atoms with Crippen molar-refractivity contribution in [2.75, 3.05) is 0 Å². The predicted molar refractivity (Wildman–Crippen MR) is 191 cm³/mol. The van der Waals surface area contributed by atoms with Gasteiger partial charge in [0, 0.05) is 11.3 Å². The van der Waals surface area contributed by atoms with E-state index in [4.69, 9.17) is 4.99 Å². The van der Waals surface area contributed by atoms with Crippen molar-refractivity contribution in [3.8, 4) is 22.3 Å². The van der Waals surface area contributed by atoms with Crippen molar-refractivity contribution in [3.63, 3.8) is 0 Å². The topological polar surface area (TPSA) is 12.4 Å². The number of aryl methyl sites for hydroxylation is 2. The molecule has 1 nitrogen and oxygen atoms in total. The molecular weight excluding hydrogens is 530 g/mol. The second kappa shape index (κ2) is 10.5. The van der Waals surface area contributed by atoms with Crippen molar-refractivity contribution in [2.24, 2.45) is 4.99 Å². The first-order valence-electron chi connectivity index (χ1n) is 15.5. The van der Waals surface area contributed by atoms with Crippen LogP contribution in [0.4, 0.5) is 5.69 Å². The molecule has 0 atom stereocenters. The van der Waals surface area contributed by atoms with Crippen molar-refractivity contribution in [2.45, 2.75) is 27.2 Å². The minimum Gasteiger partial charge on any atom is -0.253 e. The van der Waals surface area contributed by atoms with Crippen LogP contribution in [-0.2, 0) is 6.42 Å². The minimum atomic E-state index is 0.956. The third-order valence-electron chi connectivity index (χ3n) is 9.29. The molecule has 210 valence electrons. The van der Waals surface area contributed by atoms with Crippen molar-refractivity contribution in [3.05, 3.63) is 150 Å². The zero-order valence-corrected chi connectivity index (χ0v) is 25.4. The first-order valence-corrected chi connectivity index (χ1v) is 15.5. The molecule has 44 heavy (non-hydrogen) atoms. The monoisotopic (exact) mass is 563 g/mol. The van der Waals surface area contributed by atoms with E-state index in [0.717, 1.165) is 23.4 Å². The molecule has 0 aromatic heterocycles. The molecule has 0 bridgehead atoms. The first kappa shape index (κ1) is 26.4. The summed E-state index contributed by atoms with van der Waals surface area (Å²) in [6.07, 6.45) is 0.956. The molecule has 0 aliphatic carbocycles. The van der Waals surface area contributed by atoms with Crippen LogP contribution in [0, 0.1) is 6.92 Å². The van der Waals surface area contributed by atoms with E-state index >= 15 is 0 Å². The normalized spacial score (nSPS) is 12.2. The van der Waals surface area contributed by atoms with Crippen LogP contribution in [0.2, 0.25) is 0 Å². The van der Waals surface area contributed by atoms with E-state index in [2.05, 4.69) is 154 Å². The molecule has 0 amide bonds. The lowest BCUT2D eigenvalue weighted by Crippen LogP contribution is -2.00. The smallest absolute Gasteiger partial charge is 0.0664 e. The molecule has 0 saturated heterocycles. The van der Waals surface area contributed by atoms with Crippen LogP contribution in [0.5, 0.6) is 0 Å². The van der Waals surface area contributed by atoms with Crippen molar-refractivity contribution in [1.82, 2.24) is 0 Å². The summed E-state index contributed by atoms with van der Waals surface area (Å²) in [6, 6.07) is 49.0.